The van der Waals surface area contributed by atoms with Crippen molar-refractivity contribution in [2.75, 3.05) is 23.9 Å². The number of aromatic nitrogens is 1. The van der Waals surface area contributed by atoms with Crippen molar-refractivity contribution in [2.24, 2.45) is 0 Å². The Hall–Kier alpha value is -3.94. The average Bonchev–Trinajstić information content (AvgIpc) is 3.43. The number of urea groups is 1. The van der Waals surface area contributed by atoms with Gasteiger partial charge in [0.2, 0.25) is 5.91 Å². The highest BCUT2D eigenvalue weighted by Crippen LogP contribution is 2.42. The van der Waals surface area contributed by atoms with E-state index in [1.165, 1.54) is 4.90 Å². The van der Waals surface area contributed by atoms with Gasteiger partial charge in [0.1, 0.15) is 18.3 Å². The van der Waals surface area contributed by atoms with Gasteiger partial charge in [-0.15, -0.1) is 0 Å². The minimum absolute atomic E-state index is 0.159. The Morgan fingerprint density at radius 2 is 1.59 bits per heavy atom. The minimum atomic E-state index is -0.469. The van der Waals surface area contributed by atoms with E-state index in [0.29, 0.717) is 15.7 Å². The molecule has 0 spiro atoms. The molecule has 1 N–H and O–H groups in total. The first-order valence-corrected chi connectivity index (χ1v) is 13.3. The Kier molecular flexibility index (Phi) is 7.55. The highest BCUT2D eigenvalue weighted by atomic mass is 35.5. The van der Waals surface area contributed by atoms with Gasteiger partial charge in [0, 0.05) is 12.2 Å². The first kappa shape index (κ1) is 26.7. The molecular weight excluding hydrogens is 535 g/mol. The zero-order valence-corrected chi connectivity index (χ0v) is 23.3. The quantitative estimate of drug-likeness (QED) is 0.271. The van der Waals surface area contributed by atoms with Crippen molar-refractivity contribution >= 4 is 46.5 Å². The van der Waals surface area contributed by atoms with E-state index in [1.807, 2.05) is 80.7 Å². The normalized spacial score (nSPS) is 14.0. The fourth-order valence-corrected chi connectivity index (χ4v) is 5.36. The number of amides is 3. The van der Waals surface area contributed by atoms with E-state index in [2.05, 4.69) is 9.88 Å². The number of nitrogens with zero attached hydrogens (tertiary/aromatic N) is 3. The van der Waals surface area contributed by atoms with Gasteiger partial charge in [-0.05, 0) is 67.9 Å². The van der Waals surface area contributed by atoms with E-state index in [9.17, 15) is 9.59 Å². The van der Waals surface area contributed by atoms with Gasteiger partial charge in [-0.1, -0.05) is 53.5 Å². The van der Waals surface area contributed by atoms with Crippen molar-refractivity contribution in [2.45, 2.75) is 25.9 Å². The van der Waals surface area contributed by atoms with E-state index in [0.717, 1.165) is 28.4 Å². The van der Waals surface area contributed by atoms with Crippen LogP contribution < -0.4 is 15.0 Å². The number of ether oxygens (including phenoxy) is 1. The van der Waals surface area contributed by atoms with Gasteiger partial charge in [-0.25, -0.2) is 4.79 Å². The van der Waals surface area contributed by atoms with Crippen LogP contribution in [0.3, 0.4) is 0 Å². The molecule has 1 atom stereocenters. The molecule has 0 radical (unpaired) electrons. The summed E-state index contributed by atoms with van der Waals surface area (Å²) in [6, 6.07) is 23.3. The number of hydrogen-bond donors (Lipinski definition) is 1. The molecule has 0 aliphatic carbocycles. The number of fused-ring (bicyclic) bond motifs is 3. The SMILES string of the molecule is COc1ccc(C2c3cccn3-c3ccccc3N2C(=O)CN(C(=O)Nc2c(Cl)cccc2Cl)C(C)C)cc1. The van der Waals surface area contributed by atoms with Gasteiger partial charge in [0.05, 0.1) is 39.9 Å². The summed E-state index contributed by atoms with van der Waals surface area (Å²) in [5, 5.41) is 3.42. The average molecular weight is 563 g/mol. The summed E-state index contributed by atoms with van der Waals surface area (Å²) in [7, 11) is 1.62. The molecule has 0 bridgehead atoms. The lowest BCUT2D eigenvalue weighted by Gasteiger charge is -2.40. The van der Waals surface area contributed by atoms with Crippen molar-refractivity contribution < 1.29 is 14.3 Å². The molecule has 1 aliphatic rings. The van der Waals surface area contributed by atoms with E-state index < -0.39 is 12.1 Å². The van der Waals surface area contributed by atoms with Crippen LogP contribution in [0.15, 0.2) is 85.1 Å². The van der Waals surface area contributed by atoms with Gasteiger partial charge in [0.25, 0.3) is 0 Å². The maximum absolute atomic E-state index is 14.2. The van der Waals surface area contributed by atoms with Crippen molar-refractivity contribution in [3.8, 4) is 11.4 Å². The number of nitrogens with one attached hydrogen (secondary N) is 1. The van der Waals surface area contributed by atoms with Gasteiger partial charge in [0.15, 0.2) is 0 Å². The maximum atomic E-state index is 14.2. The molecule has 39 heavy (non-hydrogen) atoms. The number of methoxy groups -OCH3 is 1. The molecule has 1 aromatic heterocycles. The highest BCUT2D eigenvalue weighted by molar-refractivity contribution is 6.39. The molecule has 1 unspecified atom stereocenters. The fourth-order valence-electron chi connectivity index (χ4n) is 4.87. The second-order valence-electron chi connectivity index (χ2n) is 9.48. The number of hydrogen-bond acceptors (Lipinski definition) is 3. The lowest BCUT2D eigenvalue weighted by molar-refractivity contribution is -0.119. The van der Waals surface area contributed by atoms with E-state index in [1.54, 1.807) is 30.2 Å². The van der Waals surface area contributed by atoms with Gasteiger partial charge < -0.3 is 19.5 Å². The highest BCUT2D eigenvalue weighted by Gasteiger charge is 2.37. The fraction of sp³-hybridized carbons (Fsp3) is 0.200. The minimum Gasteiger partial charge on any atom is -0.497 e. The van der Waals surface area contributed by atoms with Gasteiger partial charge >= 0.3 is 6.03 Å². The van der Waals surface area contributed by atoms with Crippen LogP contribution in [0.4, 0.5) is 16.2 Å². The van der Waals surface area contributed by atoms with Crippen LogP contribution in [0.1, 0.15) is 31.1 Å². The number of halogens is 2. The first-order chi connectivity index (χ1) is 18.8. The smallest absolute Gasteiger partial charge is 0.322 e. The summed E-state index contributed by atoms with van der Waals surface area (Å²) in [6.45, 7) is 3.56. The molecule has 0 saturated heterocycles. The standard InChI is InChI=1S/C30H28Cl2N4O3/c1-19(2)35(30(38)33-28-22(31)8-6-9-23(28)32)18-27(37)36-25-11-5-4-10-24(25)34-17-7-12-26(34)29(36)20-13-15-21(39-3)16-14-20/h4-17,19,29H,18H2,1-3H3,(H,33,38). The van der Waals surface area contributed by atoms with Crippen molar-refractivity contribution in [3.05, 3.63) is 106 Å². The largest absolute Gasteiger partial charge is 0.497 e. The Bertz CT molecular complexity index is 1500. The van der Waals surface area contributed by atoms with Crippen LogP contribution in [-0.4, -0.2) is 41.1 Å². The molecule has 7 nitrogen and oxygen atoms in total. The molecule has 1 aliphatic heterocycles. The summed E-state index contributed by atoms with van der Waals surface area (Å²) in [4.78, 5) is 30.9. The Labute approximate surface area is 237 Å². The maximum Gasteiger partial charge on any atom is 0.322 e. The van der Waals surface area contributed by atoms with Crippen LogP contribution in [0.25, 0.3) is 5.69 Å². The van der Waals surface area contributed by atoms with E-state index in [4.69, 9.17) is 27.9 Å². The Morgan fingerprint density at radius 1 is 0.923 bits per heavy atom. The van der Waals surface area contributed by atoms with Crippen molar-refractivity contribution in [3.63, 3.8) is 0 Å². The molecule has 0 fully saturated rings. The predicted molar refractivity (Wildman–Crippen MR) is 155 cm³/mol. The number of anilines is 2. The van der Waals surface area contributed by atoms with Crippen molar-refractivity contribution in [1.82, 2.24) is 9.47 Å². The molecule has 5 rings (SSSR count). The van der Waals surface area contributed by atoms with Crippen LogP contribution in [0, 0.1) is 0 Å². The monoisotopic (exact) mass is 562 g/mol. The van der Waals surface area contributed by atoms with Crippen LogP contribution in [0.5, 0.6) is 5.75 Å². The number of benzene rings is 3. The Morgan fingerprint density at radius 3 is 2.23 bits per heavy atom. The molecule has 200 valence electrons. The molecule has 2 heterocycles. The summed E-state index contributed by atoms with van der Waals surface area (Å²) < 4.78 is 7.45. The zero-order valence-electron chi connectivity index (χ0n) is 21.8. The molecule has 4 aromatic rings. The topological polar surface area (TPSA) is 66.8 Å². The van der Waals surface area contributed by atoms with E-state index in [-0.39, 0.29) is 18.5 Å². The van der Waals surface area contributed by atoms with E-state index >= 15 is 0 Å². The van der Waals surface area contributed by atoms with Gasteiger partial charge in [-0.3, -0.25) is 9.69 Å². The summed E-state index contributed by atoms with van der Waals surface area (Å²) in [5.41, 5.74) is 3.81. The number of carbonyl (C=O) groups is 2. The third kappa shape index (κ3) is 5.07. The number of para-hydroxylation sites is 3. The summed E-state index contributed by atoms with van der Waals surface area (Å²) >= 11 is 12.6. The number of carbonyl (C=O) groups excluding carboxylic acids is 2. The second kappa shape index (κ2) is 11.0. The third-order valence-electron chi connectivity index (χ3n) is 6.80. The van der Waals surface area contributed by atoms with Crippen LogP contribution in [0.2, 0.25) is 10.0 Å². The van der Waals surface area contributed by atoms with Crippen LogP contribution in [-0.2, 0) is 4.79 Å². The molecular formula is C30H28Cl2N4O3. The summed E-state index contributed by atoms with van der Waals surface area (Å²) in [6.07, 6.45) is 1.99. The first-order valence-electron chi connectivity index (χ1n) is 12.5. The predicted octanol–water partition coefficient (Wildman–Crippen LogP) is 7.17. The molecule has 3 amide bonds. The summed E-state index contributed by atoms with van der Waals surface area (Å²) in [5.74, 6) is 0.494. The third-order valence-corrected chi connectivity index (χ3v) is 7.43. The van der Waals surface area contributed by atoms with Crippen LogP contribution >= 0.6 is 23.2 Å². The van der Waals surface area contributed by atoms with Gasteiger partial charge in [-0.2, -0.15) is 0 Å². The Balaban J connectivity index is 1.52. The zero-order chi connectivity index (χ0) is 27.7. The molecule has 9 heteroatoms. The van der Waals surface area contributed by atoms with Crippen molar-refractivity contribution in [1.29, 1.82) is 0 Å². The molecule has 3 aromatic carbocycles. The lowest BCUT2D eigenvalue weighted by atomic mass is 9.97. The second-order valence-corrected chi connectivity index (χ2v) is 10.3. The number of rotatable bonds is 6. The lowest BCUT2D eigenvalue weighted by Crippen LogP contribution is -2.49. The molecule has 0 saturated carbocycles.